The van der Waals surface area contributed by atoms with E-state index < -0.39 is 10.0 Å². The first-order valence-corrected chi connectivity index (χ1v) is 10.3. The number of sulfonamides is 1. The van der Waals surface area contributed by atoms with Gasteiger partial charge in [0.2, 0.25) is 10.0 Å². The van der Waals surface area contributed by atoms with Crippen LogP contribution in [0, 0.1) is 0 Å². The summed E-state index contributed by atoms with van der Waals surface area (Å²) in [5.41, 5.74) is 1.70. The second kappa shape index (κ2) is 8.94. The van der Waals surface area contributed by atoms with Crippen molar-refractivity contribution < 1.29 is 13.2 Å². The number of aromatic nitrogens is 1. The molecule has 0 saturated heterocycles. The Morgan fingerprint density at radius 1 is 1.00 bits per heavy atom. The van der Waals surface area contributed by atoms with Gasteiger partial charge in [0.1, 0.15) is 11.3 Å². The molecule has 1 aromatic heterocycles. The molecular weight excluding hydrogens is 362 g/mol. The molecular formula is C20H23N3O3S. The molecule has 1 heterocycles. The number of nitrogens with zero attached hydrogens (tertiary/aromatic N) is 1. The Balaban J connectivity index is 1.67. The Morgan fingerprint density at radius 2 is 1.81 bits per heavy atom. The molecule has 2 N–H and O–H groups in total. The van der Waals surface area contributed by atoms with Gasteiger partial charge < -0.3 is 10.1 Å². The van der Waals surface area contributed by atoms with Gasteiger partial charge in [0.25, 0.3) is 0 Å². The summed E-state index contributed by atoms with van der Waals surface area (Å²) in [6.07, 6.45) is 1.63. The van der Waals surface area contributed by atoms with Gasteiger partial charge in [0.05, 0.1) is 11.5 Å². The number of nitrogens with one attached hydrogen (secondary N) is 2. The number of hydrogen-bond acceptors (Lipinski definition) is 5. The fourth-order valence-electron chi connectivity index (χ4n) is 2.81. The van der Waals surface area contributed by atoms with Crippen LogP contribution >= 0.6 is 0 Å². The van der Waals surface area contributed by atoms with E-state index >= 15 is 0 Å². The summed E-state index contributed by atoms with van der Waals surface area (Å²) in [4.78, 5) is 4.49. The van der Waals surface area contributed by atoms with E-state index in [-0.39, 0.29) is 4.90 Å². The maximum Gasteiger partial charge on any atom is 0.241 e. The minimum atomic E-state index is -3.65. The Bertz CT molecular complexity index is 992. The highest BCUT2D eigenvalue weighted by Crippen LogP contribution is 2.29. The number of fused-ring (bicyclic) bond motifs is 1. The largest absolute Gasteiger partial charge is 0.492 e. The highest BCUT2D eigenvalue weighted by Gasteiger charge is 2.19. The van der Waals surface area contributed by atoms with E-state index in [0.29, 0.717) is 42.9 Å². The molecule has 0 bridgehead atoms. The van der Waals surface area contributed by atoms with Crippen molar-refractivity contribution in [3.8, 4) is 5.75 Å². The minimum Gasteiger partial charge on any atom is -0.492 e. The van der Waals surface area contributed by atoms with Crippen molar-refractivity contribution in [3.63, 3.8) is 0 Å². The van der Waals surface area contributed by atoms with Gasteiger partial charge in [-0.2, -0.15) is 0 Å². The Hall–Kier alpha value is -2.48. The van der Waals surface area contributed by atoms with Crippen LogP contribution in [0.15, 0.2) is 65.7 Å². The number of hydrogen-bond donors (Lipinski definition) is 2. The van der Waals surface area contributed by atoms with Crippen molar-refractivity contribution >= 4 is 20.9 Å². The zero-order chi connectivity index (χ0) is 19.1. The Kier molecular flexibility index (Phi) is 6.39. The number of ether oxygens (including phenoxy) is 1. The van der Waals surface area contributed by atoms with Crippen LogP contribution in [0.5, 0.6) is 5.75 Å². The summed E-state index contributed by atoms with van der Waals surface area (Å²) in [7, 11) is -3.65. The molecule has 0 atom stereocenters. The molecule has 6 nitrogen and oxygen atoms in total. The van der Waals surface area contributed by atoms with Gasteiger partial charge in [0, 0.05) is 31.2 Å². The summed E-state index contributed by atoms with van der Waals surface area (Å²) in [5.74, 6) is 0.580. The van der Waals surface area contributed by atoms with Gasteiger partial charge >= 0.3 is 0 Å². The molecule has 0 unspecified atom stereocenters. The second-order valence-electron chi connectivity index (χ2n) is 5.95. The first-order chi connectivity index (χ1) is 13.1. The molecule has 2 aromatic carbocycles. The standard InChI is InChI=1S/C20H23N3O3S/c1-2-26-18-10-11-19(17-9-6-12-22-20(17)18)27(24,25)23-14-13-21-15-16-7-4-3-5-8-16/h3-12,21,23H,2,13-15H2,1H3. The number of rotatable bonds is 9. The lowest BCUT2D eigenvalue weighted by atomic mass is 10.2. The second-order valence-corrected chi connectivity index (χ2v) is 7.69. The first-order valence-electron chi connectivity index (χ1n) is 8.86. The van der Waals surface area contributed by atoms with Gasteiger partial charge in [-0.25, -0.2) is 13.1 Å². The molecule has 142 valence electrons. The maximum absolute atomic E-state index is 12.7. The van der Waals surface area contributed by atoms with Crippen molar-refractivity contribution in [1.82, 2.24) is 15.0 Å². The average molecular weight is 385 g/mol. The predicted molar refractivity (Wildman–Crippen MR) is 106 cm³/mol. The van der Waals surface area contributed by atoms with Gasteiger partial charge in [0.15, 0.2) is 0 Å². The summed E-state index contributed by atoms with van der Waals surface area (Å²) in [6, 6.07) is 16.6. The van der Waals surface area contributed by atoms with Gasteiger partial charge in [-0.1, -0.05) is 30.3 Å². The first kappa shape index (κ1) is 19.3. The van der Waals surface area contributed by atoms with Crippen molar-refractivity contribution in [3.05, 3.63) is 66.4 Å². The van der Waals surface area contributed by atoms with E-state index in [9.17, 15) is 8.42 Å². The fourth-order valence-corrected chi connectivity index (χ4v) is 4.03. The zero-order valence-corrected chi connectivity index (χ0v) is 16.0. The van der Waals surface area contributed by atoms with Crippen molar-refractivity contribution in [2.45, 2.75) is 18.4 Å². The third-order valence-electron chi connectivity index (χ3n) is 4.05. The molecule has 0 radical (unpaired) electrons. The molecule has 7 heteroatoms. The van der Waals surface area contributed by atoms with Crippen molar-refractivity contribution in [1.29, 1.82) is 0 Å². The zero-order valence-electron chi connectivity index (χ0n) is 15.2. The van der Waals surface area contributed by atoms with Gasteiger partial charge in [-0.15, -0.1) is 0 Å². The topological polar surface area (TPSA) is 80.3 Å². The molecule has 3 aromatic rings. The quantitative estimate of drug-likeness (QED) is 0.554. The van der Waals surface area contributed by atoms with Crippen molar-refractivity contribution in [2.75, 3.05) is 19.7 Å². The molecule has 0 aliphatic rings. The lowest BCUT2D eigenvalue weighted by molar-refractivity contribution is 0.343. The number of pyridine rings is 1. The molecule has 0 aliphatic carbocycles. The van der Waals surface area contributed by atoms with Crippen LogP contribution in [0.25, 0.3) is 10.9 Å². The van der Waals surface area contributed by atoms with E-state index in [1.807, 2.05) is 37.3 Å². The molecule has 0 spiro atoms. The Labute approximate surface area is 159 Å². The van der Waals surface area contributed by atoms with Crippen LogP contribution in [0.3, 0.4) is 0 Å². The summed E-state index contributed by atoms with van der Waals surface area (Å²) < 4.78 is 33.7. The SMILES string of the molecule is CCOc1ccc(S(=O)(=O)NCCNCc2ccccc2)c2cccnc12. The molecule has 3 rings (SSSR count). The molecule has 0 amide bonds. The lowest BCUT2D eigenvalue weighted by Gasteiger charge is -2.12. The van der Waals surface area contributed by atoms with Gasteiger partial charge in [-0.05, 0) is 36.8 Å². The maximum atomic E-state index is 12.7. The fraction of sp³-hybridized carbons (Fsp3) is 0.250. The molecule has 0 aliphatic heterocycles. The number of benzene rings is 2. The van der Waals surface area contributed by atoms with Crippen LogP contribution in [0.1, 0.15) is 12.5 Å². The predicted octanol–water partition coefficient (Wildman–Crippen LogP) is 2.70. The van der Waals surface area contributed by atoms with Crippen LogP contribution < -0.4 is 14.8 Å². The smallest absolute Gasteiger partial charge is 0.241 e. The van der Waals surface area contributed by atoms with E-state index in [2.05, 4.69) is 15.0 Å². The highest BCUT2D eigenvalue weighted by molar-refractivity contribution is 7.89. The summed E-state index contributed by atoms with van der Waals surface area (Å²) in [5, 5.41) is 3.78. The molecule has 0 saturated carbocycles. The normalized spacial score (nSPS) is 11.6. The minimum absolute atomic E-state index is 0.206. The third-order valence-corrected chi connectivity index (χ3v) is 5.57. The summed E-state index contributed by atoms with van der Waals surface area (Å²) in [6.45, 7) is 3.89. The van der Waals surface area contributed by atoms with E-state index in [4.69, 9.17) is 4.74 Å². The monoisotopic (exact) mass is 385 g/mol. The van der Waals surface area contributed by atoms with E-state index in [1.54, 1.807) is 30.5 Å². The van der Waals surface area contributed by atoms with E-state index in [1.165, 1.54) is 0 Å². The van der Waals surface area contributed by atoms with E-state index in [0.717, 1.165) is 5.56 Å². The van der Waals surface area contributed by atoms with Crippen LogP contribution in [0.4, 0.5) is 0 Å². The summed E-state index contributed by atoms with van der Waals surface area (Å²) >= 11 is 0. The van der Waals surface area contributed by atoms with Gasteiger partial charge in [-0.3, -0.25) is 4.98 Å². The molecule has 0 fully saturated rings. The van der Waals surface area contributed by atoms with Crippen LogP contribution in [-0.2, 0) is 16.6 Å². The molecule has 27 heavy (non-hydrogen) atoms. The van der Waals surface area contributed by atoms with Crippen molar-refractivity contribution in [2.24, 2.45) is 0 Å². The van der Waals surface area contributed by atoms with Crippen LogP contribution in [0.2, 0.25) is 0 Å². The lowest BCUT2D eigenvalue weighted by Crippen LogP contribution is -2.31. The average Bonchev–Trinajstić information content (AvgIpc) is 2.69. The third kappa shape index (κ3) is 4.82. The highest BCUT2D eigenvalue weighted by atomic mass is 32.2. The van der Waals surface area contributed by atoms with Crippen LogP contribution in [-0.4, -0.2) is 33.1 Å². The Morgan fingerprint density at radius 3 is 2.59 bits per heavy atom.